The van der Waals surface area contributed by atoms with E-state index in [1.165, 1.54) is 10.9 Å². The zero-order valence-electron chi connectivity index (χ0n) is 10.5. The van der Waals surface area contributed by atoms with Crippen molar-refractivity contribution in [1.82, 2.24) is 9.78 Å². The number of benzene rings is 1. The molecule has 0 aliphatic heterocycles. The van der Waals surface area contributed by atoms with Crippen molar-refractivity contribution in [2.24, 2.45) is 7.05 Å². The SMILES string of the molecule is CC(Oc1cccc(Cl)c1)C(O)c1c(Cl)cnn1C. The monoisotopic (exact) mass is 300 g/mol. The summed E-state index contributed by atoms with van der Waals surface area (Å²) in [6.07, 6.45) is 0.136. The van der Waals surface area contributed by atoms with Crippen molar-refractivity contribution in [1.29, 1.82) is 0 Å². The number of hydrogen-bond donors (Lipinski definition) is 1. The smallest absolute Gasteiger partial charge is 0.134 e. The van der Waals surface area contributed by atoms with Gasteiger partial charge in [0, 0.05) is 12.1 Å². The van der Waals surface area contributed by atoms with Crippen molar-refractivity contribution >= 4 is 23.2 Å². The number of nitrogens with zero attached hydrogens (tertiary/aromatic N) is 2. The second-order valence-corrected chi connectivity index (χ2v) is 5.07. The Morgan fingerprint density at radius 2 is 2.11 bits per heavy atom. The first kappa shape index (κ1) is 14.2. The van der Waals surface area contributed by atoms with Gasteiger partial charge in [0.25, 0.3) is 0 Å². The van der Waals surface area contributed by atoms with Gasteiger partial charge in [-0.3, -0.25) is 4.68 Å². The summed E-state index contributed by atoms with van der Waals surface area (Å²) < 4.78 is 7.19. The predicted octanol–water partition coefficient (Wildman–Crippen LogP) is 3.23. The van der Waals surface area contributed by atoms with Crippen molar-refractivity contribution in [2.75, 3.05) is 0 Å². The van der Waals surface area contributed by atoms with E-state index in [9.17, 15) is 5.11 Å². The Morgan fingerprint density at radius 1 is 1.37 bits per heavy atom. The molecule has 1 aromatic heterocycles. The molecule has 0 aliphatic rings. The summed E-state index contributed by atoms with van der Waals surface area (Å²) in [7, 11) is 1.72. The normalized spacial score (nSPS) is 14.2. The molecule has 0 fully saturated rings. The predicted molar refractivity (Wildman–Crippen MR) is 74.7 cm³/mol. The van der Waals surface area contributed by atoms with Crippen LogP contribution in [0.5, 0.6) is 5.75 Å². The van der Waals surface area contributed by atoms with Gasteiger partial charge in [-0.2, -0.15) is 5.10 Å². The maximum Gasteiger partial charge on any atom is 0.134 e. The number of aliphatic hydroxyl groups excluding tert-OH is 1. The van der Waals surface area contributed by atoms with Crippen LogP contribution in [0.3, 0.4) is 0 Å². The Hall–Kier alpha value is -1.23. The molecule has 0 bridgehead atoms. The van der Waals surface area contributed by atoms with Crippen LogP contribution in [0.25, 0.3) is 0 Å². The van der Waals surface area contributed by atoms with E-state index in [1.54, 1.807) is 38.2 Å². The van der Waals surface area contributed by atoms with Gasteiger partial charge in [0.1, 0.15) is 18.0 Å². The van der Waals surface area contributed by atoms with E-state index in [1.807, 2.05) is 0 Å². The van der Waals surface area contributed by atoms with Gasteiger partial charge < -0.3 is 9.84 Å². The first-order valence-electron chi connectivity index (χ1n) is 5.76. The molecule has 1 aromatic carbocycles. The zero-order valence-corrected chi connectivity index (χ0v) is 12.1. The molecule has 2 rings (SSSR count). The molecule has 2 atom stereocenters. The van der Waals surface area contributed by atoms with Crippen LogP contribution < -0.4 is 4.74 Å². The molecule has 0 saturated heterocycles. The topological polar surface area (TPSA) is 47.3 Å². The molecular formula is C13H14Cl2N2O2. The summed E-state index contributed by atoms with van der Waals surface area (Å²) in [5, 5.41) is 15.3. The Kier molecular flexibility index (Phi) is 4.34. The second-order valence-electron chi connectivity index (χ2n) is 4.23. The summed E-state index contributed by atoms with van der Waals surface area (Å²) in [6.45, 7) is 1.76. The maximum atomic E-state index is 10.3. The lowest BCUT2D eigenvalue weighted by Crippen LogP contribution is -2.24. The van der Waals surface area contributed by atoms with Crippen molar-refractivity contribution in [2.45, 2.75) is 19.1 Å². The van der Waals surface area contributed by atoms with Crippen LogP contribution in [0.4, 0.5) is 0 Å². The van der Waals surface area contributed by atoms with Gasteiger partial charge in [0.05, 0.1) is 16.9 Å². The third-order valence-electron chi connectivity index (χ3n) is 2.78. The molecule has 0 amide bonds. The Labute approximate surface area is 121 Å². The highest BCUT2D eigenvalue weighted by Crippen LogP contribution is 2.27. The number of ether oxygens (including phenoxy) is 1. The van der Waals surface area contributed by atoms with Gasteiger partial charge in [0.2, 0.25) is 0 Å². The lowest BCUT2D eigenvalue weighted by molar-refractivity contribution is 0.0414. The molecule has 0 saturated carbocycles. The largest absolute Gasteiger partial charge is 0.488 e. The molecular weight excluding hydrogens is 287 g/mol. The molecule has 4 nitrogen and oxygen atoms in total. The third kappa shape index (κ3) is 3.21. The van der Waals surface area contributed by atoms with E-state index < -0.39 is 12.2 Å². The molecule has 0 radical (unpaired) electrons. The molecule has 1 heterocycles. The number of halogens is 2. The van der Waals surface area contributed by atoms with Gasteiger partial charge in [-0.1, -0.05) is 29.3 Å². The molecule has 102 valence electrons. The van der Waals surface area contributed by atoms with E-state index in [4.69, 9.17) is 27.9 Å². The number of rotatable bonds is 4. The standard InChI is InChI=1S/C13H14Cl2N2O2/c1-8(19-10-5-3-4-9(14)6-10)13(18)12-11(15)7-16-17(12)2/h3-8,13,18H,1-2H3. The summed E-state index contributed by atoms with van der Waals surface area (Å²) in [5.41, 5.74) is 0.524. The minimum Gasteiger partial charge on any atom is -0.488 e. The van der Waals surface area contributed by atoms with Crippen LogP contribution in [-0.2, 0) is 7.05 Å². The quantitative estimate of drug-likeness (QED) is 0.943. The lowest BCUT2D eigenvalue weighted by atomic mass is 10.1. The second kappa shape index (κ2) is 5.82. The van der Waals surface area contributed by atoms with Crippen LogP contribution in [0.1, 0.15) is 18.7 Å². The molecule has 19 heavy (non-hydrogen) atoms. The van der Waals surface area contributed by atoms with E-state index >= 15 is 0 Å². The van der Waals surface area contributed by atoms with Crippen molar-refractivity contribution in [3.63, 3.8) is 0 Å². The summed E-state index contributed by atoms with van der Waals surface area (Å²) in [4.78, 5) is 0. The molecule has 2 unspecified atom stereocenters. The Morgan fingerprint density at radius 3 is 2.68 bits per heavy atom. The van der Waals surface area contributed by atoms with E-state index in [2.05, 4.69) is 5.10 Å². The highest BCUT2D eigenvalue weighted by atomic mass is 35.5. The third-order valence-corrected chi connectivity index (χ3v) is 3.31. The van der Waals surface area contributed by atoms with Gasteiger partial charge in [0.15, 0.2) is 0 Å². The fourth-order valence-electron chi connectivity index (χ4n) is 1.79. The molecule has 6 heteroatoms. The first-order valence-corrected chi connectivity index (χ1v) is 6.52. The van der Waals surface area contributed by atoms with E-state index in [-0.39, 0.29) is 0 Å². The Balaban J connectivity index is 2.14. The van der Waals surface area contributed by atoms with E-state index in [0.29, 0.717) is 21.5 Å². The fraction of sp³-hybridized carbons (Fsp3) is 0.308. The lowest BCUT2D eigenvalue weighted by Gasteiger charge is -2.21. The highest BCUT2D eigenvalue weighted by molar-refractivity contribution is 6.31. The van der Waals surface area contributed by atoms with E-state index in [0.717, 1.165) is 0 Å². The average molecular weight is 301 g/mol. The number of hydrogen-bond acceptors (Lipinski definition) is 3. The number of aliphatic hydroxyl groups is 1. The van der Waals surface area contributed by atoms with Crippen LogP contribution in [0, 0.1) is 0 Å². The van der Waals surface area contributed by atoms with Crippen molar-refractivity contribution in [3.8, 4) is 5.75 Å². The average Bonchev–Trinajstić information content (AvgIpc) is 2.68. The number of aryl methyl sites for hydroxylation is 1. The Bertz CT molecular complexity index is 552. The van der Waals surface area contributed by atoms with Gasteiger partial charge in [-0.25, -0.2) is 0 Å². The van der Waals surface area contributed by atoms with Crippen molar-refractivity contribution in [3.05, 3.63) is 46.2 Å². The van der Waals surface area contributed by atoms with Gasteiger partial charge in [-0.05, 0) is 25.1 Å². The summed E-state index contributed by atoms with van der Waals surface area (Å²) in [5.74, 6) is 0.595. The minimum atomic E-state index is -0.876. The van der Waals surface area contributed by atoms with Crippen LogP contribution in [0.2, 0.25) is 10.0 Å². The summed E-state index contributed by atoms with van der Waals surface area (Å²) in [6, 6.07) is 7.01. The van der Waals surface area contributed by atoms with Gasteiger partial charge >= 0.3 is 0 Å². The molecule has 2 aromatic rings. The molecule has 1 N–H and O–H groups in total. The minimum absolute atomic E-state index is 0.413. The van der Waals surface area contributed by atoms with Crippen LogP contribution >= 0.6 is 23.2 Å². The van der Waals surface area contributed by atoms with Crippen LogP contribution in [0.15, 0.2) is 30.5 Å². The number of aromatic nitrogens is 2. The van der Waals surface area contributed by atoms with Crippen molar-refractivity contribution < 1.29 is 9.84 Å². The van der Waals surface area contributed by atoms with Gasteiger partial charge in [-0.15, -0.1) is 0 Å². The molecule has 0 spiro atoms. The summed E-state index contributed by atoms with van der Waals surface area (Å²) >= 11 is 11.9. The van der Waals surface area contributed by atoms with Crippen LogP contribution in [-0.4, -0.2) is 21.0 Å². The first-order chi connectivity index (χ1) is 8.99. The highest BCUT2D eigenvalue weighted by Gasteiger charge is 2.24. The molecule has 0 aliphatic carbocycles. The zero-order chi connectivity index (χ0) is 14.0. The fourth-order valence-corrected chi connectivity index (χ4v) is 2.25. The maximum absolute atomic E-state index is 10.3.